The van der Waals surface area contributed by atoms with E-state index >= 15 is 0 Å². The number of pyridine rings is 1. The van der Waals surface area contributed by atoms with E-state index in [0.29, 0.717) is 17.6 Å². The monoisotopic (exact) mass is 440 g/mol. The van der Waals surface area contributed by atoms with Gasteiger partial charge in [-0.2, -0.15) is 5.26 Å². The highest BCUT2D eigenvalue weighted by Gasteiger charge is 2.28. The van der Waals surface area contributed by atoms with Crippen molar-refractivity contribution >= 4 is 11.5 Å². The largest absolute Gasteiger partial charge is 0.490 e. The van der Waals surface area contributed by atoms with Crippen LogP contribution in [-0.2, 0) is 6.54 Å². The van der Waals surface area contributed by atoms with Crippen LogP contribution in [0.3, 0.4) is 0 Å². The number of nitrogens with zero attached hydrogens (tertiary/aromatic N) is 5. The van der Waals surface area contributed by atoms with E-state index in [2.05, 4.69) is 44.5 Å². The third-order valence-electron chi connectivity index (χ3n) is 6.47. The Morgan fingerprint density at radius 3 is 2.61 bits per heavy atom. The number of anilines is 2. The van der Waals surface area contributed by atoms with Gasteiger partial charge in [0, 0.05) is 12.1 Å². The van der Waals surface area contributed by atoms with Gasteiger partial charge >= 0.3 is 0 Å². The zero-order chi connectivity index (χ0) is 22.5. The quantitative estimate of drug-likeness (QED) is 0.544. The smallest absolute Gasteiger partial charge is 0.148 e. The van der Waals surface area contributed by atoms with Crippen LogP contribution in [0.2, 0.25) is 0 Å². The average molecular weight is 441 g/mol. The molecule has 0 radical (unpaired) electrons. The molecule has 1 aliphatic heterocycles. The second-order valence-electron chi connectivity index (χ2n) is 8.76. The molecule has 0 spiro atoms. The van der Waals surface area contributed by atoms with Gasteiger partial charge in [0.2, 0.25) is 0 Å². The minimum absolute atomic E-state index is 0.252. The summed E-state index contributed by atoms with van der Waals surface area (Å²) in [6, 6.07) is 14.2. The molecular formula is C26H28N6O. The third kappa shape index (κ3) is 5.12. The molecule has 1 saturated carbocycles. The molecule has 2 fully saturated rings. The number of nitriles is 1. The fourth-order valence-corrected chi connectivity index (χ4v) is 4.76. The van der Waals surface area contributed by atoms with Gasteiger partial charge in [0.25, 0.3) is 0 Å². The number of rotatable bonds is 7. The lowest BCUT2D eigenvalue weighted by molar-refractivity contribution is 0.198. The van der Waals surface area contributed by atoms with Gasteiger partial charge in [-0.3, -0.25) is 9.88 Å². The molecular weight excluding hydrogens is 412 g/mol. The molecule has 0 amide bonds. The van der Waals surface area contributed by atoms with Gasteiger partial charge in [-0.15, -0.1) is 0 Å². The number of ether oxygens (including phenoxy) is 1. The molecule has 168 valence electrons. The van der Waals surface area contributed by atoms with Gasteiger partial charge < -0.3 is 10.1 Å². The Hall–Kier alpha value is -3.50. The molecule has 1 unspecified atom stereocenters. The van der Waals surface area contributed by atoms with Gasteiger partial charge in [0.05, 0.1) is 42.1 Å². The fourth-order valence-electron chi connectivity index (χ4n) is 4.76. The summed E-state index contributed by atoms with van der Waals surface area (Å²) in [5, 5.41) is 12.1. The molecule has 1 aliphatic carbocycles. The second-order valence-corrected chi connectivity index (χ2v) is 8.76. The summed E-state index contributed by atoms with van der Waals surface area (Å²) in [4.78, 5) is 15.8. The zero-order valence-corrected chi connectivity index (χ0v) is 18.7. The van der Waals surface area contributed by atoms with Crippen LogP contribution in [0.4, 0.5) is 11.5 Å². The third-order valence-corrected chi connectivity index (χ3v) is 6.47. The maximum atomic E-state index is 8.88. The molecule has 1 aromatic carbocycles. The first-order valence-corrected chi connectivity index (χ1v) is 11.7. The molecule has 2 aromatic heterocycles. The molecule has 5 rings (SSSR count). The first-order chi connectivity index (χ1) is 16.3. The summed E-state index contributed by atoms with van der Waals surface area (Å²) in [7, 11) is 0. The number of nitrogens with one attached hydrogen (secondary N) is 1. The summed E-state index contributed by atoms with van der Waals surface area (Å²) in [6.07, 6.45) is 12.7. The first-order valence-electron chi connectivity index (χ1n) is 11.7. The van der Waals surface area contributed by atoms with Crippen LogP contribution in [0.5, 0.6) is 5.75 Å². The van der Waals surface area contributed by atoms with Gasteiger partial charge in [0.1, 0.15) is 23.3 Å². The van der Waals surface area contributed by atoms with E-state index in [1.807, 2.05) is 18.3 Å². The average Bonchev–Trinajstić information content (AvgIpc) is 3.54. The van der Waals surface area contributed by atoms with E-state index in [-0.39, 0.29) is 6.04 Å². The Labute approximate surface area is 194 Å². The van der Waals surface area contributed by atoms with E-state index in [9.17, 15) is 0 Å². The lowest BCUT2D eigenvalue weighted by atomic mass is 10.1. The van der Waals surface area contributed by atoms with Crippen molar-refractivity contribution in [3.8, 4) is 11.8 Å². The van der Waals surface area contributed by atoms with Crippen molar-refractivity contribution in [2.75, 3.05) is 11.9 Å². The van der Waals surface area contributed by atoms with Crippen molar-refractivity contribution in [3.63, 3.8) is 0 Å². The summed E-state index contributed by atoms with van der Waals surface area (Å²) in [5.41, 5.74) is 3.40. The van der Waals surface area contributed by atoms with Crippen molar-refractivity contribution in [1.82, 2.24) is 19.9 Å². The van der Waals surface area contributed by atoms with Gasteiger partial charge in [-0.05, 0) is 63.3 Å². The van der Waals surface area contributed by atoms with Crippen molar-refractivity contribution in [1.29, 1.82) is 5.26 Å². The van der Waals surface area contributed by atoms with Crippen LogP contribution >= 0.6 is 0 Å². The molecule has 1 atom stereocenters. The fraction of sp³-hybridized carbons (Fsp3) is 0.385. The molecule has 0 bridgehead atoms. The Morgan fingerprint density at radius 1 is 0.970 bits per heavy atom. The van der Waals surface area contributed by atoms with Crippen LogP contribution in [-0.4, -0.2) is 32.5 Å². The predicted molar refractivity (Wildman–Crippen MR) is 126 cm³/mol. The number of likely N-dealkylation sites (tertiary alicyclic amines) is 1. The maximum absolute atomic E-state index is 8.88. The first kappa shape index (κ1) is 21.4. The lowest BCUT2D eigenvalue weighted by Crippen LogP contribution is -2.24. The number of aromatic nitrogens is 3. The van der Waals surface area contributed by atoms with E-state index in [1.165, 1.54) is 18.4 Å². The number of hydrogen-bond acceptors (Lipinski definition) is 7. The number of para-hydroxylation sites is 1. The van der Waals surface area contributed by atoms with Gasteiger partial charge in [-0.25, -0.2) is 9.97 Å². The van der Waals surface area contributed by atoms with Crippen molar-refractivity contribution < 1.29 is 4.74 Å². The predicted octanol–water partition coefficient (Wildman–Crippen LogP) is 5.15. The maximum Gasteiger partial charge on any atom is 0.148 e. The Balaban J connectivity index is 1.25. The molecule has 1 N–H and O–H groups in total. The van der Waals surface area contributed by atoms with Crippen LogP contribution < -0.4 is 10.1 Å². The summed E-state index contributed by atoms with van der Waals surface area (Å²) in [6.45, 7) is 1.90. The van der Waals surface area contributed by atoms with Crippen LogP contribution in [0.1, 0.15) is 61.5 Å². The molecule has 3 aromatic rings. The second kappa shape index (κ2) is 9.97. The van der Waals surface area contributed by atoms with Crippen LogP contribution in [0.25, 0.3) is 0 Å². The van der Waals surface area contributed by atoms with Crippen molar-refractivity contribution in [2.24, 2.45) is 0 Å². The normalized spacial score (nSPS) is 18.8. The number of benzene rings is 1. The Bertz CT molecular complexity index is 1100. The zero-order valence-electron chi connectivity index (χ0n) is 18.7. The summed E-state index contributed by atoms with van der Waals surface area (Å²) < 4.78 is 6.36. The minimum Gasteiger partial charge on any atom is -0.490 e. The van der Waals surface area contributed by atoms with E-state index in [0.717, 1.165) is 55.9 Å². The highest BCUT2D eigenvalue weighted by molar-refractivity contribution is 5.54. The molecule has 33 heavy (non-hydrogen) atoms. The summed E-state index contributed by atoms with van der Waals surface area (Å²) >= 11 is 0. The number of hydrogen-bond donors (Lipinski definition) is 1. The molecule has 7 nitrogen and oxygen atoms in total. The van der Waals surface area contributed by atoms with E-state index in [4.69, 9.17) is 15.0 Å². The highest BCUT2D eigenvalue weighted by atomic mass is 16.5. The van der Waals surface area contributed by atoms with Gasteiger partial charge in [-0.1, -0.05) is 18.2 Å². The van der Waals surface area contributed by atoms with Crippen LogP contribution in [0, 0.1) is 11.3 Å². The molecule has 2 aliphatic rings. The highest BCUT2D eigenvalue weighted by Crippen LogP contribution is 2.34. The molecule has 1 saturated heterocycles. The minimum atomic E-state index is 0.252. The van der Waals surface area contributed by atoms with Crippen LogP contribution in [0.15, 0.2) is 55.0 Å². The standard InChI is InChI=1S/C26H28N6O/c27-14-20-11-12-21(15-28-20)31-26-17-29-23(16-30-26)24-9-5-13-32(24)18-19-6-1-4-10-25(19)33-22-7-2-3-8-22/h1,4,6,10-12,15-17,22,24H,2-3,5,7-9,13,18H2,(H,30,31). The molecule has 7 heteroatoms. The van der Waals surface area contributed by atoms with Gasteiger partial charge in [0.15, 0.2) is 0 Å². The Morgan fingerprint density at radius 2 is 1.85 bits per heavy atom. The topological polar surface area (TPSA) is 87.0 Å². The lowest BCUT2D eigenvalue weighted by Gasteiger charge is -2.25. The molecule has 3 heterocycles. The SMILES string of the molecule is N#Cc1ccc(Nc2cnc(C3CCCN3Cc3ccccc3OC3CCCC3)cn2)cn1. The van der Waals surface area contributed by atoms with E-state index < -0.39 is 0 Å². The summed E-state index contributed by atoms with van der Waals surface area (Å²) in [5.74, 6) is 1.68. The van der Waals surface area contributed by atoms with E-state index in [1.54, 1.807) is 18.5 Å². The van der Waals surface area contributed by atoms with Crippen molar-refractivity contribution in [3.05, 3.63) is 71.9 Å². The van der Waals surface area contributed by atoms with Crippen molar-refractivity contribution in [2.45, 2.75) is 57.2 Å². The Kier molecular flexibility index (Phi) is 6.45.